The molecule has 1 heterocycles. The first-order chi connectivity index (χ1) is 8.08. The Bertz CT molecular complexity index is 391. The third kappa shape index (κ3) is 3.19. The Balaban J connectivity index is 1.98. The van der Waals surface area contributed by atoms with Crippen LogP contribution in [0.4, 0.5) is 0 Å². The van der Waals surface area contributed by atoms with Crippen molar-refractivity contribution in [3.63, 3.8) is 0 Å². The first kappa shape index (κ1) is 12.4. The highest BCUT2D eigenvalue weighted by Gasteiger charge is 2.30. The SMILES string of the molecule is CC(C)CN(CC(=O)c1cccn1C)C1CC1. The highest BCUT2D eigenvalue weighted by atomic mass is 16.1. The van der Waals surface area contributed by atoms with Crippen LogP contribution in [-0.2, 0) is 7.05 Å². The van der Waals surface area contributed by atoms with E-state index >= 15 is 0 Å². The summed E-state index contributed by atoms with van der Waals surface area (Å²) in [5.41, 5.74) is 0.819. The average Bonchev–Trinajstić information content (AvgIpc) is 3.00. The van der Waals surface area contributed by atoms with Gasteiger partial charge >= 0.3 is 0 Å². The maximum absolute atomic E-state index is 12.2. The molecular formula is C14H22N2O. The van der Waals surface area contributed by atoms with Gasteiger partial charge in [-0.1, -0.05) is 13.8 Å². The Morgan fingerprint density at radius 3 is 2.71 bits per heavy atom. The van der Waals surface area contributed by atoms with Crippen molar-refractivity contribution in [2.45, 2.75) is 32.7 Å². The smallest absolute Gasteiger partial charge is 0.193 e. The molecular weight excluding hydrogens is 212 g/mol. The Morgan fingerprint density at radius 2 is 2.24 bits per heavy atom. The summed E-state index contributed by atoms with van der Waals surface area (Å²) in [5.74, 6) is 0.863. The molecule has 1 aromatic heterocycles. The van der Waals surface area contributed by atoms with Gasteiger partial charge in [0.15, 0.2) is 5.78 Å². The van der Waals surface area contributed by atoms with E-state index in [0.29, 0.717) is 18.5 Å². The molecule has 94 valence electrons. The molecule has 1 aromatic rings. The maximum atomic E-state index is 12.2. The van der Waals surface area contributed by atoms with Crippen LogP contribution in [0.15, 0.2) is 18.3 Å². The molecule has 0 spiro atoms. The van der Waals surface area contributed by atoms with Crippen molar-refractivity contribution in [1.82, 2.24) is 9.47 Å². The van der Waals surface area contributed by atoms with E-state index in [1.165, 1.54) is 12.8 Å². The van der Waals surface area contributed by atoms with Crippen molar-refractivity contribution in [3.8, 4) is 0 Å². The van der Waals surface area contributed by atoms with Gasteiger partial charge < -0.3 is 4.57 Å². The molecule has 0 unspecified atom stereocenters. The Hall–Kier alpha value is -1.09. The number of nitrogens with zero attached hydrogens (tertiary/aromatic N) is 2. The Morgan fingerprint density at radius 1 is 1.53 bits per heavy atom. The molecule has 0 atom stereocenters. The van der Waals surface area contributed by atoms with Crippen LogP contribution in [0, 0.1) is 5.92 Å². The number of hydrogen-bond donors (Lipinski definition) is 0. The van der Waals surface area contributed by atoms with Gasteiger partial charge in [-0.2, -0.15) is 0 Å². The van der Waals surface area contributed by atoms with Gasteiger partial charge in [0.1, 0.15) is 0 Å². The quantitative estimate of drug-likeness (QED) is 0.706. The zero-order chi connectivity index (χ0) is 12.4. The number of carbonyl (C=O) groups excluding carboxylic acids is 1. The van der Waals surface area contributed by atoms with Crippen molar-refractivity contribution < 1.29 is 4.79 Å². The number of aryl methyl sites for hydroxylation is 1. The van der Waals surface area contributed by atoms with E-state index in [4.69, 9.17) is 0 Å². The second-order valence-electron chi connectivity index (χ2n) is 5.48. The summed E-state index contributed by atoms with van der Waals surface area (Å²) in [6, 6.07) is 4.49. The molecule has 1 aliphatic carbocycles. The predicted octanol–water partition coefficient (Wildman–Crippen LogP) is 2.33. The molecule has 3 nitrogen and oxygen atoms in total. The monoisotopic (exact) mass is 234 g/mol. The lowest BCUT2D eigenvalue weighted by molar-refractivity contribution is 0.0907. The minimum Gasteiger partial charge on any atom is -0.348 e. The van der Waals surface area contributed by atoms with Gasteiger partial charge in [0.05, 0.1) is 12.2 Å². The molecule has 17 heavy (non-hydrogen) atoms. The highest BCUT2D eigenvalue weighted by molar-refractivity contribution is 5.96. The van der Waals surface area contributed by atoms with Crippen LogP contribution in [-0.4, -0.2) is 34.4 Å². The molecule has 0 N–H and O–H groups in total. The summed E-state index contributed by atoms with van der Waals surface area (Å²) in [6.45, 7) is 6.02. The summed E-state index contributed by atoms with van der Waals surface area (Å²) < 4.78 is 1.91. The highest BCUT2D eigenvalue weighted by Crippen LogP contribution is 2.27. The molecule has 1 fully saturated rings. The van der Waals surface area contributed by atoms with Crippen LogP contribution >= 0.6 is 0 Å². The van der Waals surface area contributed by atoms with Crippen molar-refractivity contribution in [2.75, 3.05) is 13.1 Å². The summed E-state index contributed by atoms with van der Waals surface area (Å²) in [7, 11) is 1.93. The molecule has 0 saturated heterocycles. The van der Waals surface area contributed by atoms with Gasteiger partial charge in [-0.25, -0.2) is 0 Å². The summed E-state index contributed by atoms with van der Waals surface area (Å²) in [6.07, 6.45) is 4.44. The average molecular weight is 234 g/mol. The third-order valence-corrected chi connectivity index (χ3v) is 3.24. The minimum atomic E-state index is 0.241. The van der Waals surface area contributed by atoms with Gasteiger partial charge in [-0.15, -0.1) is 0 Å². The fourth-order valence-electron chi connectivity index (χ4n) is 2.27. The molecule has 0 radical (unpaired) electrons. The standard InChI is InChI=1S/C14H22N2O/c1-11(2)9-16(12-6-7-12)10-14(17)13-5-4-8-15(13)3/h4-5,8,11-12H,6-7,9-10H2,1-3H3. The van der Waals surface area contributed by atoms with Crippen LogP contribution in [0.1, 0.15) is 37.2 Å². The number of aromatic nitrogens is 1. The lowest BCUT2D eigenvalue weighted by atomic mass is 10.2. The molecule has 3 heteroatoms. The van der Waals surface area contributed by atoms with E-state index in [1.807, 2.05) is 29.9 Å². The molecule has 1 saturated carbocycles. The van der Waals surface area contributed by atoms with Gasteiger partial charge in [-0.3, -0.25) is 9.69 Å². The van der Waals surface area contributed by atoms with Crippen LogP contribution in [0.5, 0.6) is 0 Å². The van der Waals surface area contributed by atoms with E-state index in [0.717, 1.165) is 12.2 Å². The van der Waals surface area contributed by atoms with Gasteiger partial charge in [-0.05, 0) is 30.9 Å². The number of carbonyl (C=O) groups is 1. The van der Waals surface area contributed by atoms with Crippen molar-refractivity contribution in [2.24, 2.45) is 13.0 Å². The predicted molar refractivity (Wildman–Crippen MR) is 69.2 cm³/mol. The van der Waals surface area contributed by atoms with Crippen molar-refractivity contribution in [3.05, 3.63) is 24.0 Å². The van der Waals surface area contributed by atoms with E-state index in [2.05, 4.69) is 18.7 Å². The summed E-state index contributed by atoms with van der Waals surface area (Å²) in [4.78, 5) is 14.5. The fraction of sp³-hybridized carbons (Fsp3) is 0.643. The minimum absolute atomic E-state index is 0.241. The molecule has 0 aromatic carbocycles. The van der Waals surface area contributed by atoms with E-state index in [9.17, 15) is 4.79 Å². The molecule has 1 aliphatic rings. The number of rotatable bonds is 6. The Labute approximate surface area is 103 Å². The van der Waals surface area contributed by atoms with E-state index < -0.39 is 0 Å². The second-order valence-corrected chi connectivity index (χ2v) is 5.48. The van der Waals surface area contributed by atoms with Gasteiger partial charge in [0.25, 0.3) is 0 Å². The number of hydrogen-bond acceptors (Lipinski definition) is 2. The van der Waals surface area contributed by atoms with Crippen LogP contribution in [0.3, 0.4) is 0 Å². The first-order valence-electron chi connectivity index (χ1n) is 6.46. The summed E-state index contributed by atoms with van der Waals surface area (Å²) in [5, 5.41) is 0. The van der Waals surface area contributed by atoms with Crippen LogP contribution < -0.4 is 0 Å². The van der Waals surface area contributed by atoms with E-state index in [-0.39, 0.29) is 5.78 Å². The van der Waals surface area contributed by atoms with Crippen molar-refractivity contribution in [1.29, 1.82) is 0 Å². The summed E-state index contributed by atoms with van der Waals surface area (Å²) >= 11 is 0. The second kappa shape index (κ2) is 5.05. The van der Waals surface area contributed by atoms with E-state index in [1.54, 1.807) is 0 Å². The Kier molecular flexibility index (Phi) is 3.67. The molecule has 2 rings (SSSR count). The molecule has 0 amide bonds. The third-order valence-electron chi connectivity index (χ3n) is 3.24. The number of Topliss-reactive ketones (excluding diaryl/α,β-unsaturated/α-hetero) is 1. The normalized spacial score (nSPS) is 15.8. The lowest BCUT2D eigenvalue weighted by Gasteiger charge is -2.23. The molecule has 0 bridgehead atoms. The lowest BCUT2D eigenvalue weighted by Crippen LogP contribution is -2.35. The maximum Gasteiger partial charge on any atom is 0.193 e. The largest absolute Gasteiger partial charge is 0.348 e. The first-order valence-corrected chi connectivity index (χ1v) is 6.46. The number of ketones is 1. The van der Waals surface area contributed by atoms with Gasteiger partial charge in [0.2, 0.25) is 0 Å². The molecule has 0 aliphatic heterocycles. The van der Waals surface area contributed by atoms with Crippen molar-refractivity contribution >= 4 is 5.78 Å². The van der Waals surface area contributed by atoms with Gasteiger partial charge in [0, 0.05) is 25.8 Å². The topological polar surface area (TPSA) is 25.2 Å². The van der Waals surface area contributed by atoms with Crippen LogP contribution in [0.2, 0.25) is 0 Å². The van der Waals surface area contributed by atoms with Crippen LogP contribution in [0.25, 0.3) is 0 Å². The fourth-order valence-corrected chi connectivity index (χ4v) is 2.27. The zero-order valence-corrected chi connectivity index (χ0v) is 11.0. The zero-order valence-electron chi connectivity index (χ0n) is 11.0.